The third kappa shape index (κ3) is 3.83. The van der Waals surface area contributed by atoms with E-state index in [0.717, 1.165) is 36.6 Å². The molecular formula is C19H23ClN2O2. The smallest absolute Gasteiger partial charge is 0.165 e. The number of halogens is 1. The Hall–Kier alpha value is -2.17. The number of hydrogen-bond donors (Lipinski definition) is 2. The maximum Gasteiger partial charge on any atom is 0.165 e. The second-order valence-corrected chi connectivity index (χ2v) is 5.44. The summed E-state index contributed by atoms with van der Waals surface area (Å²) in [5.41, 5.74) is 3.63. The van der Waals surface area contributed by atoms with Crippen molar-refractivity contribution in [3.63, 3.8) is 0 Å². The summed E-state index contributed by atoms with van der Waals surface area (Å²) in [6, 6.07) is 14.3. The number of aromatic nitrogens is 1. The molecule has 1 heterocycles. The third-order valence-corrected chi connectivity index (χ3v) is 4.05. The molecule has 0 atom stereocenters. The molecule has 0 aliphatic carbocycles. The molecule has 0 amide bonds. The molecule has 0 radical (unpaired) electrons. The Labute approximate surface area is 148 Å². The van der Waals surface area contributed by atoms with Gasteiger partial charge in [0.2, 0.25) is 0 Å². The summed E-state index contributed by atoms with van der Waals surface area (Å²) >= 11 is 0. The standard InChI is InChI=1S/C19H22N2O2.ClH/c1-22-18-9-5-6-15(19(18)23-2)12-20-11-10-14-13-21-17-8-4-3-7-16(14)17;/h3-9,13,20-21H,10-12H2,1-2H3;1H. The van der Waals surface area contributed by atoms with Crippen LogP contribution in [0.4, 0.5) is 0 Å². The molecule has 0 fully saturated rings. The molecule has 0 saturated heterocycles. The average Bonchev–Trinajstić information content (AvgIpc) is 3.01. The molecule has 0 bridgehead atoms. The van der Waals surface area contributed by atoms with Gasteiger partial charge in [-0.25, -0.2) is 0 Å². The van der Waals surface area contributed by atoms with Crippen LogP contribution in [0, 0.1) is 0 Å². The molecule has 0 unspecified atom stereocenters. The Bertz CT molecular complexity index is 786. The van der Waals surface area contributed by atoms with Crippen molar-refractivity contribution in [2.45, 2.75) is 13.0 Å². The maximum atomic E-state index is 5.46. The molecule has 3 aromatic rings. The van der Waals surface area contributed by atoms with E-state index in [-0.39, 0.29) is 12.4 Å². The summed E-state index contributed by atoms with van der Waals surface area (Å²) in [6.45, 7) is 1.66. The van der Waals surface area contributed by atoms with Crippen molar-refractivity contribution >= 4 is 23.3 Å². The van der Waals surface area contributed by atoms with Crippen LogP contribution >= 0.6 is 12.4 Å². The summed E-state index contributed by atoms with van der Waals surface area (Å²) in [4.78, 5) is 3.32. The lowest BCUT2D eigenvalue weighted by molar-refractivity contribution is 0.350. The predicted octanol–water partition coefficient (Wildman–Crippen LogP) is 3.94. The fraction of sp³-hybridized carbons (Fsp3) is 0.263. The largest absolute Gasteiger partial charge is 0.493 e. The first kappa shape index (κ1) is 18.2. The van der Waals surface area contributed by atoms with Gasteiger partial charge in [0, 0.05) is 29.2 Å². The van der Waals surface area contributed by atoms with Crippen LogP contribution < -0.4 is 14.8 Å². The van der Waals surface area contributed by atoms with Crippen molar-refractivity contribution in [3.05, 3.63) is 59.8 Å². The van der Waals surface area contributed by atoms with E-state index in [9.17, 15) is 0 Å². The first-order chi connectivity index (χ1) is 11.3. The molecule has 3 rings (SSSR count). The van der Waals surface area contributed by atoms with E-state index in [2.05, 4.69) is 46.8 Å². The number of H-pyrrole nitrogens is 1. The Morgan fingerprint density at radius 2 is 1.79 bits per heavy atom. The zero-order valence-electron chi connectivity index (χ0n) is 14.0. The number of hydrogen-bond acceptors (Lipinski definition) is 3. The van der Waals surface area contributed by atoms with Crippen molar-refractivity contribution < 1.29 is 9.47 Å². The lowest BCUT2D eigenvalue weighted by Gasteiger charge is -2.13. The number of aromatic amines is 1. The highest BCUT2D eigenvalue weighted by molar-refractivity contribution is 5.85. The number of rotatable bonds is 7. The van der Waals surface area contributed by atoms with Crippen molar-refractivity contribution in [1.29, 1.82) is 0 Å². The summed E-state index contributed by atoms with van der Waals surface area (Å²) < 4.78 is 10.8. The first-order valence-corrected chi connectivity index (χ1v) is 7.79. The van der Waals surface area contributed by atoms with Crippen LogP contribution in [0.15, 0.2) is 48.7 Å². The molecule has 0 aliphatic heterocycles. The molecule has 4 nitrogen and oxygen atoms in total. The van der Waals surface area contributed by atoms with Crippen LogP contribution in [0.3, 0.4) is 0 Å². The molecule has 0 aliphatic rings. The maximum absolute atomic E-state index is 5.46. The van der Waals surface area contributed by atoms with Gasteiger partial charge >= 0.3 is 0 Å². The van der Waals surface area contributed by atoms with E-state index in [0.29, 0.717) is 0 Å². The van der Waals surface area contributed by atoms with Gasteiger partial charge < -0.3 is 19.8 Å². The van der Waals surface area contributed by atoms with Crippen molar-refractivity contribution in [2.75, 3.05) is 20.8 Å². The van der Waals surface area contributed by atoms with Crippen LogP contribution in [0.25, 0.3) is 10.9 Å². The topological polar surface area (TPSA) is 46.3 Å². The van der Waals surface area contributed by atoms with E-state index in [4.69, 9.17) is 9.47 Å². The van der Waals surface area contributed by atoms with Crippen LogP contribution in [-0.2, 0) is 13.0 Å². The molecule has 0 spiro atoms. The van der Waals surface area contributed by atoms with Gasteiger partial charge in [-0.15, -0.1) is 12.4 Å². The van der Waals surface area contributed by atoms with Crippen LogP contribution in [0.5, 0.6) is 11.5 Å². The highest BCUT2D eigenvalue weighted by atomic mass is 35.5. The minimum Gasteiger partial charge on any atom is -0.493 e. The molecule has 2 N–H and O–H groups in total. The molecule has 2 aromatic carbocycles. The van der Waals surface area contributed by atoms with Gasteiger partial charge in [-0.05, 0) is 30.7 Å². The normalized spacial score (nSPS) is 10.4. The minimum atomic E-state index is 0. The zero-order valence-corrected chi connectivity index (χ0v) is 14.8. The monoisotopic (exact) mass is 346 g/mol. The van der Waals surface area contributed by atoms with E-state index in [1.165, 1.54) is 16.5 Å². The number of methoxy groups -OCH3 is 2. The lowest BCUT2D eigenvalue weighted by Crippen LogP contribution is -2.17. The summed E-state index contributed by atoms with van der Waals surface area (Å²) in [6.07, 6.45) is 3.08. The Morgan fingerprint density at radius 1 is 0.958 bits per heavy atom. The van der Waals surface area contributed by atoms with E-state index >= 15 is 0 Å². The van der Waals surface area contributed by atoms with Crippen LogP contribution in [-0.4, -0.2) is 25.7 Å². The van der Waals surface area contributed by atoms with Crippen molar-refractivity contribution in [2.24, 2.45) is 0 Å². The second-order valence-electron chi connectivity index (χ2n) is 5.44. The van der Waals surface area contributed by atoms with Gasteiger partial charge in [0.05, 0.1) is 14.2 Å². The first-order valence-electron chi connectivity index (χ1n) is 7.79. The molecule has 5 heteroatoms. The quantitative estimate of drug-likeness (QED) is 0.637. The Balaban J connectivity index is 0.00000208. The zero-order chi connectivity index (χ0) is 16.1. The molecule has 1 aromatic heterocycles. The van der Waals surface area contributed by atoms with Gasteiger partial charge in [0.15, 0.2) is 11.5 Å². The van der Waals surface area contributed by atoms with Gasteiger partial charge in [0.1, 0.15) is 0 Å². The summed E-state index contributed by atoms with van der Waals surface area (Å²) in [5, 5.41) is 4.78. The number of nitrogens with one attached hydrogen (secondary N) is 2. The SMILES string of the molecule is COc1cccc(CNCCc2c[nH]c3ccccc23)c1OC.Cl. The van der Waals surface area contributed by atoms with Crippen molar-refractivity contribution in [1.82, 2.24) is 10.3 Å². The lowest BCUT2D eigenvalue weighted by atomic mass is 10.1. The third-order valence-electron chi connectivity index (χ3n) is 4.05. The van der Waals surface area contributed by atoms with Gasteiger partial charge in [0.25, 0.3) is 0 Å². The minimum absolute atomic E-state index is 0. The predicted molar refractivity (Wildman–Crippen MR) is 101 cm³/mol. The average molecular weight is 347 g/mol. The highest BCUT2D eigenvalue weighted by Gasteiger charge is 2.09. The van der Waals surface area contributed by atoms with Crippen molar-refractivity contribution in [3.8, 4) is 11.5 Å². The summed E-state index contributed by atoms with van der Waals surface area (Å²) in [5.74, 6) is 1.57. The number of ether oxygens (including phenoxy) is 2. The Kier molecular flexibility index (Phi) is 6.53. The highest BCUT2D eigenvalue weighted by Crippen LogP contribution is 2.30. The number of para-hydroxylation sites is 2. The van der Waals surface area contributed by atoms with Gasteiger partial charge in [-0.2, -0.15) is 0 Å². The van der Waals surface area contributed by atoms with Gasteiger partial charge in [-0.1, -0.05) is 30.3 Å². The molecular weight excluding hydrogens is 324 g/mol. The van der Waals surface area contributed by atoms with E-state index in [1.807, 2.05) is 12.1 Å². The van der Waals surface area contributed by atoms with Crippen LogP contribution in [0.2, 0.25) is 0 Å². The van der Waals surface area contributed by atoms with E-state index in [1.54, 1.807) is 14.2 Å². The fourth-order valence-electron chi connectivity index (χ4n) is 2.88. The fourth-order valence-corrected chi connectivity index (χ4v) is 2.88. The van der Waals surface area contributed by atoms with E-state index < -0.39 is 0 Å². The molecule has 24 heavy (non-hydrogen) atoms. The second kappa shape index (κ2) is 8.62. The number of fused-ring (bicyclic) bond motifs is 1. The molecule has 0 saturated carbocycles. The van der Waals surface area contributed by atoms with Gasteiger partial charge in [-0.3, -0.25) is 0 Å². The molecule has 128 valence electrons. The summed E-state index contributed by atoms with van der Waals surface area (Å²) in [7, 11) is 3.33. The van der Waals surface area contributed by atoms with Crippen LogP contribution in [0.1, 0.15) is 11.1 Å². The Morgan fingerprint density at radius 3 is 2.58 bits per heavy atom. The number of benzene rings is 2.